The van der Waals surface area contributed by atoms with Crippen molar-refractivity contribution < 1.29 is 27.9 Å². The highest BCUT2D eigenvalue weighted by molar-refractivity contribution is 6.04. The van der Waals surface area contributed by atoms with Crippen LogP contribution in [-0.4, -0.2) is 31.3 Å². The van der Waals surface area contributed by atoms with Gasteiger partial charge in [-0.2, -0.15) is 0 Å². The van der Waals surface area contributed by atoms with Crippen molar-refractivity contribution in [3.63, 3.8) is 0 Å². The van der Waals surface area contributed by atoms with Gasteiger partial charge in [-0.25, -0.2) is 4.39 Å². The first kappa shape index (κ1) is 21.8. The molecule has 0 aliphatic heterocycles. The third kappa shape index (κ3) is 5.36. The highest BCUT2D eigenvalue weighted by Gasteiger charge is 2.19. The van der Waals surface area contributed by atoms with Crippen LogP contribution < -0.4 is 15.0 Å². The highest BCUT2D eigenvalue weighted by atomic mass is 19.1. The SMILES string of the molecule is CC(=O)c1ccc(OCC(=O)N(C)c2ccccc2C(=O)NCc2ccco2)cc1F. The zero-order chi connectivity index (χ0) is 22.4. The van der Waals surface area contributed by atoms with E-state index in [4.69, 9.17) is 9.15 Å². The van der Waals surface area contributed by atoms with Crippen LogP contribution in [0.25, 0.3) is 0 Å². The van der Waals surface area contributed by atoms with Crippen LogP contribution in [0.4, 0.5) is 10.1 Å². The van der Waals surface area contributed by atoms with Crippen LogP contribution >= 0.6 is 0 Å². The normalized spacial score (nSPS) is 10.4. The lowest BCUT2D eigenvalue weighted by Crippen LogP contribution is -2.33. The molecule has 3 rings (SSSR count). The van der Waals surface area contributed by atoms with Crippen molar-refractivity contribution in [3.05, 3.63) is 83.6 Å². The van der Waals surface area contributed by atoms with Gasteiger partial charge in [-0.05, 0) is 43.3 Å². The molecule has 31 heavy (non-hydrogen) atoms. The number of Topliss-reactive ketones (excluding diaryl/α,β-unsaturated/α-hetero) is 1. The predicted molar refractivity (Wildman–Crippen MR) is 112 cm³/mol. The summed E-state index contributed by atoms with van der Waals surface area (Å²) in [5.74, 6) is -1.21. The Labute approximate surface area is 178 Å². The maximum atomic E-state index is 13.9. The predicted octanol–water partition coefficient (Wildman–Crippen LogP) is 3.59. The topological polar surface area (TPSA) is 88.9 Å². The maximum Gasteiger partial charge on any atom is 0.264 e. The Hall–Kier alpha value is -3.94. The molecule has 0 fully saturated rings. The van der Waals surface area contributed by atoms with E-state index in [0.717, 1.165) is 6.07 Å². The highest BCUT2D eigenvalue weighted by Crippen LogP contribution is 2.21. The lowest BCUT2D eigenvalue weighted by molar-refractivity contribution is -0.120. The first-order valence-corrected chi connectivity index (χ1v) is 9.46. The fourth-order valence-electron chi connectivity index (χ4n) is 2.88. The molecule has 0 spiro atoms. The van der Waals surface area contributed by atoms with Gasteiger partial charge in [0.1, 0.15) is 17.3 Å². The molecule has 0 saturated carbocycles. The van der Waals surface area contributed by atoms with Crippen LogP contribution in [0, 0.1) is 5.82 Å². The number of carbonyl (C=O) groups excluding carboxylic acids is 3. The van der Waals surface area contributed by atoms with E-state index < -0.39 is 17.5 Å². The van der Waals surface area contributed by atoms with E-state index in [1.54, 1.807) is 36.4 Å². The molecule has 160 valence electrons. The Morgan fingerprint density at radius 2 is 1.84 bits per heavy atom. The van der Waals surface area contributed by atoms with Crippen LogP contribution in [-0.2, 0) is 11.3 Å². The molecule has 1 aromatic heterocycles. The fraction of sp³-hybridized carbons (Fsp3) is 0.174. The number of ether oxygens (including phenoxy) is 1. The summed E-state index contributed by atoms with van der Waals surface area (Å²) in [5.41, 5.74) is 0.651. The summed E-state index contributed by atoms with van der Waals surface area (Å²) in [6, 6.07) is 13.9. The molecule has 0 unspecified atom stereocenters. The molecule has 2 aromatic carbocycles. The smallest absolute Gasteiger partial charge is 0.264 e. The number of para-hydroxylation sites is 1. The minimum Gasteiger partial charge on any atom is -0.484 e. The Kier molecular flexibility index (Phi) is 6.81. The van der Waals surface area contributed by atoms with Gasteiger partial charge in [0.2, 0.25) is 0 Å². The van der Waals surface area contributed by atoms with Crippen molar-refractivity contribution in [2.75, 3.05) is 18.6 Å². The van der Waals surface area contributed by atoms with Gasteiger partial charge in [-0.1, -0.05) is 12.1 Å². The second-order valence-electron chi connectivity index (χ2n) is 6.72. The van der Waals surface area contributed by atoms with Crippen LogP contribution in [0.2, 0.25) is 0 Å². The number of furan rings is 1. The van der Waals surface area contributed by atoms with E-state index in [9.17, 15) is 18.8 Å². The van der Waals surface area contributed by atoms with Gasteiger partial charge >= 0.3 is 0 Å². The van der Waals surface area contributed by atoms with Crippen molar-refractivity contribution in [2.45, 2.75) is 13.5 Å². The molecule has 0 saturated heterocycles. The van der Waals surface area contributed by atoms with Gasteiger partial charge in [0.05, 0.1) is 29.6 Å². The first-order valence-electron chi connectivity index (χ1n) is 9.46. The number of rotatable bonds is 8. The van der Waals surface area contributed by atoms with E-state index >= 15 is 0 Å². The number of nitrogens with zero attached hydrogens (tertiary/aromatic N) is 1. The average molecular weight is 424 g/mol. The number of hydrogen-bond acceptors (Lipinski definition) is 5. The number of benzene rings is 2. The van der Waals surface area contributed by atoms with Crippen molar-refractivity contribution >= 4 is 23.3 Å². The van der Waals surface area contributed by atoms with Gasteiger partial charge in [0, 0.05) is 13.1 Å². The van der Waals surface area contributed by atoms with E-state index in [1.165, 1.54) is 37.3 Å². The Bertz CT molecular complexity index is 1100. The molecule has 3 aromatic rings. The van der Waals surface area contributed by atoms with Gasteiger partial charge in [0.15, 0.2) is 12.4 Å². The van der Waals surface area contributed by atoms with E-state index in [-0.39, 0.29) is 30.4 Å². The molecule has 0 aliphatic carbocycles. The van der Waals surface area contributed by atoms with Gasteiger partial charge < -0.3 is 19.4 Å². The number of anilines is 1. The van der Waals surface area contributed by atoms with Crippen molar-refractivity contribution in [1.29, 1.82) is 0 Å². The second kappa shape index (κ2) is 9.71. The van der Waals surface area contributed by atoms with Crippen LogP contribution in [0.1, 0.15) is 33.4 Å². The lowest BCUT2D eigenvalue weighted by Gasteiger charge is -2.20. The van der Waals surface area contributed by atoms with E-state index in [0.29, 0.717) is 17.0 Å². The zero-order valence-electron chi connectivity index (χ0n) is 17.1. The molecule has 0 atom stereocenters. The second-order valence-corrected chi connectivity index (χ2v) is 6.72. The molecule has 0 aliphatic rings. The van der Waals surface area contributed by atoms with Gasteiger partial charge in [-0.15, -0.1) is 0 Å². The summed E-state index contributed by atoms with van der Waals surface area (Å²) in [6.45, 7) is 1.10. The molecular weight excluding hydrogens is 403 g/mol. The molecule has 1 heterocycles. The average Bonchev–Trinajstić information content (AvgIpc) is 3.28. The summed E-state index contributed by atoms with van der Waals surface area (Å²) < 4.78 is 24.5. The number of carbonyl (C=O) groups is 3. The summed E-state index contributed by atoms with van der Waals surface area (Å²) in [6.07, 6.45) is 1.52. The molecule has 1 N–H and O–H groups in total. The number of hydrogen-bond donors (Lipinski definition) is 1. The molecule has 2 amide bonds. The Morgan fingerprint density at radius 1 is 1.06 bits per heavy atom. The minimum atomic E-state index is -0.718. The fourth-order valence-corrected chi connectivity index (χ4v) is 2.88. The molecule has 0 radical (unpaired) electrons. The molecule has 7 nitrogen and oxygen atoms in total. The van der Waals surface area contributed by atoms with Crippen molar-refractivity contribution in [2.24, 2.45) is 0 Å². The third-order valence-corrected chi connectivity index (χ3v) is 4.57. The van der Waals surface area contributed by atoms with Gasteiger partial charge in [0.25, 0.3) is 11.8 Å². The lowest BCUT2D eigenvalue weighted by atomic mass is 10.1. The summed E-state index contributed by atoms with van der Waals surface area (Å²) in [4.78, 5) is 37.8. The standard InChI is InChI=1S/C23H21FN2O5/c1-15(27)18-10-9-16(12-20(18)24)31-14-22(28)26(2)21-8-4-3-7-19(21)23(29)25-13-17-6-5-11-30-17/h3-12H,13-14H2,1-2H3,(H,25,29). The molecule has 0 bridgehead atoms. The maximum absolute atomic E-state index is 13.9. The molecular formula is C23H21FN2O5. The Morgan fingerprint density at radius 3 is 2.52 bits per heavy atom. The van der Waals surface area contributed by atoms with Crippen LogP contribution in [0.5, 0.6) is 5.75 Å². The van der Waals surface area contributed by atoms with Crippen molar-refractivity contribution in [1.82, 2.24) is 5.32 Å². The van der Waals surface area contributed by atoms with Crippen LogP contribution in [0.3, 0.4) is 0 Å². The number of ketones is 1. The van der Waals surface area contributed by atoms with E-state index in [2.05, 4.69) is 5.32 Å². The van der Waals surface area contributed by atoms with Crippen molar-refractivity contribution in [3.8, 4) is 5.75 Å². The largest absolute Gasteiger partial charge is 0.484 e. The zero-order valence-corrected chi connectivity index (χ0v) is 17.1. The quantitative estimate of drug-likeness (QED) is 0.558. The van der Waals surface area contributed by atoms with E-state index in [1.807, 2.05) is 0 Å². The number of likely N-dealkylation sites (N-methyl/N-ethyl adjacent to an activating group) is 1. The monoisotopic (exact) mass is 424 g/mol. The molecule has 8 heteroatoms. The van der Waals surface area contributed by atoms with Gasteiger partial charge in [-0.3, -0.25) is 14.4 Å². The Balaban J connectivity index is 1.66. The number of nitrogens with one attached hydrogen (secondary N) is 1. The third-order valence-electron chi connectivity index (χ3n) is 4.57. The minimum absolute atomic E-state index is 0.0507. The number of halogens is 1. The summed E-state index contributed by atoms with van der Waals surface area (Å²) in [7, 11) is 1.52. The summed E-state index contributed by atoms with van der Waals surface area (Å²) in [5, 5.41) is 2.74. The van der Waals surface area contributed by atoms with Crippen LogP contribution in [0.15, 0.2) is 65.3 Å². The number of amides is 2. The first-order chi connectivity index (χ1) is 14.9. The summed E-state index contributed by atoms with van der Waals surface area (Å²) >= 11 is 0.